The Morgan fingerprint density at radius 2 is 1.84 bits per heavy atom. The van der Waals surface area contributed by atoms with Crippen molar-refractivity contribution in [1.29, 1.82) is 0 Å². The van der Waals surface area contributed by atoms with E-state index < -0.39 is 0 Å². The zero-order valence-electron chi connectivity index (χ0n) is 18.3. The number of aromatic nitrogens is 3. The summed E-state index contributed by atoms with van der Waals surface area (Å²) in [5, 5.41) is 0. The van der Waals surface area contributed by atoms with Crippen LogP contribution in [0, 0.1) is 5.92 Å². The number of rotatable bonds is 3. The van der Waals surface area contributed by atoms with Crippen molar-refractivity contribution in [2.24, 2.45) is 5.92 Å². The first-order chi connectivity index (χ1) is 15.6. The molecule has 0 unspecified atom stereocenters. The molecule has 5 rings (SSSR count). The highest BCUT2D eigenvalue weighted by molar-refractivity contribution is 5.92. The Labute approximate surface area is 187 Å². The molecule has 1 atom stereocenters. The Morgan fingerprint density at radius 1 is 1.03 bits per heavy atom. The lowest BCUT2D eigenvalue weighted by Crippen LogP contribution is -2.43. The predicted octanol–water partition coefficient (Wildman–Crippen LogP) is 2.61. The van der Waals surface area contributed by atoms with Crippen LogP contribution in [0.1, 0.15) is 78.6 Å². The van der Waals surface area contributed by atoms with E-state index in [2.05, 4.69) is 9.97 Å². The van der Waals surface area contributed by atoms with Crippen LogP contribution in [0.4, 0.5) is 0 Å². The first-order valence-electron chi connectivity index (χ1n) is 11.7. The van der Waals surface area contributed by atoms with Gasteiger partial charge in [0.15, 0.2) is 0 Å². The van der Waals surface area contributed by atoms with Gasteiger partial charge in [0.1, 0.15) is 11.5 Å². The molecule has 2 fully saturated rings. The van der Waals surface area contributed by atoms with Gasteiger partial charge in [-0.25, -0.2) is 4.98 Å². The number of carbonyl (C=O) groups is 2. The lowest BCUT2D eigenvalue weighted by molar-refractivity contribution is -0.136. The average molecular weight is 436 g/mol. The number of hydrogen-bond donors (Lipinski definition) is 1. The first-order valence-corrected chi connectivity index (χ1v) is 11.7. The number of likely N-dealkylation sites (tertiary alicyclic amines) is 1. The monoisotopic (exact) mass is 435 g/mol. The van der Waals surface area contributed by atoms with Crippen molar-refractivity contribution in [3.63, 3.8) is 0 Å². The predicted molar refractivity (Wildman–Crippen MR) is 118 cm³/mol. The van der Waals surface area contributed by atoms with Crippen molar-refractivity contribution in [2.75, 3.05) is 13.1 Å². The fourth-order valence-electron chi connectivity index (χ4n) is 5.32. The molecular formula is C24H29N5O3. The van der Waals surface area contributed by atoms with Gasteiger partial charge in [0.25, 0.3) is 11.5 Å². The number of nitrogens with zero attached hydrogens (tertiary/aromatic N) is 4. The summed E-state index contributed by atoms with van der Waals surface area (Å²) >= 11 is 0. The van der Waals surface area contributed by atoms with Gasteiger partial charge in [0.05, 0.1) is 23.8 Å². The van der Waals surface area contributed by atoms with Gasteiger partial charge in [0.2, 0.25) is 5.91 Å². The number of hydrogen-bond acceptors (Lipinski definition) is 5. The molecule has 0 bridgehead atoms. The minimum Gasteiger partial charge on any atom is -0.337 e. The molecule has 0 radical (unpaired) electrons. The van der Waals surface area contributed by atoms with E-state index in [4.69, 9.17) is 4.98 Å². The molecule has 1 N–H and O–H groups in total. The van der Waals surface area contributed by atoms with Gasteiger partial charge in [-0.1, -0.05) is 18.9 Å². The largest absolute Gasteiger partial charge is 0.337 e. The lowest BCUT2D eigenvalue weighted by Gasteiger charge is -2.35. The van der Waals surface area contributed by atoms with Gasteiger partial charge < -0.3 is 14.8 Å². The standard InChI is InChI=1S/C24H29N5O3/c30-22-17-15-28(23(31)16-7-1-2-8-16)14-11-18(17)26-21(27-22)20-10-4-6-13-29(20)24(32)19-9-3-5-12-25-19/h3,5,9,12,16,20H,1-2,4,6-8,10-11,13-15H2,(H,26,27,30)/t20-/m0/s1. The number of pyridine rings is 1. The van der Waals surface area contributed by atoms with Crippen LogP contribution >= 0.6 is 0 Å². The Balaban J connectivity index is 1.39. The molecule has 2 aliphatic heterocycles. The SMILES string of the molecule is O=C(C1CCCC1)N1CCc2nc([C@@H]3CCCCN3C(=O)c3ccccn3)[nH]c(=O)c2C1. The number of carbonyl (C=O) groups excluding carboxylic acids is 2. The summed E-state index contributed by atoms with van der Waals surface area (Å²) in [5.41, 5.74) is 1.56. The quantitative estimate of drug-likeness (QED) is 0.799. The van der Waals surface area contributed by atoms with E-state index in [0.717, 1.165) is 50.6 Å². The second-order valence-corrected chi connectivity index (χ2v) is 9.09. The summed E-state index contributed by atoms with van der Waals surface area (Å²) in [6.07, 6.45) is 8.98. The highest BCUT2D eigenvalue weighted by Gasteiger charge is 2.34. The first kappa shape index (κ1) is 20.8. The molecular weight excluding hydrogens is 406 g/mol. The summed E-state index contributed by atoms with van der Waals surface area (Å²) in [5.74, 6) is 0.699. The van der Waals surface area contributed by atoms with Crippen LogP contribution < -0.4 is 5.56 Å². The molecule has 4 heterocycles. The Hall–Kier alpha value is -3.03. The normalized spacial score (nSPS) is 21.4. The maximum atomic E-state index is 13.1. The van der Waals surface area contributed by atoms with E-state index in [1.807, 2.05) is 4.90 Å². The van der Waals surface area contributed by atoms with E-state index in [-0.39, 0.29) is 29.3 Å². The van der Waals surface area contributed by atoms with Crippen molar-refractivity contribution in [3.05, 3.63) is 57.5 Å². The molecule has 2 amide bonds. The van der Waals surface area contributed by atoms with E-state index in [1.165, 1.54) is 0 Å². The van der Waals surface area contributed by atoms with E-state index in [9.17, 15) is 14.4 Å². The van der Waals surface area contributed by atoms with E-state index >= 15 is 0 Å². The van der Waals surface area contributed by atoms with Crippen molar-refractivity contribution in [3.8, 4) is 0 Å². The fraction of sp³-hybridized carbons (Fsp3) is 0.542. The molecule has 8 heteroatoms. The van der Waals surface area contributed by atoms with Crippen LogP contribution in [0.3, 0.4) is 0 Å². The zero-order valence-corrected chi connectivity index (χ0v) is 18.3. The molecule has 1 aliphatic carbocycles. The topological polar surface area (TPSA) is 99.3 Å². The van der Waals surface area contributed by atoms with Crippen LogP contribution in [-0.2, 0) is 17.8 Å². The van der Waals surface area contributed by atoms with Crippen molar-refractivity contribution < 1.29 is 9.59 Å². The highest BCUT2D eigenvalue weighted by Crippen LogP contribution is 2.31. The zero-order chi connectivity index (χ0) is 22.1. The van der Waals surface area contributed by atoms with Crippen molar-refractivity contribution in [1.82, 2.24) is 24.8 Å². The van der Waals surface area contributed by atoms with Gasteiger partial charge >= 0.3 is 0 Å². The molecule has 168 valence electrons. The second kappa shape index (κ2) is 8.84. The maximum Gasteiger partial charge on any atom is 0.273 e. The van der Waals surface area contributed by atoms with Crippen LogP contribution in [0.15, 0.2) is 29.2 Å². The van der Waals surface area contributed by atoms with Gasteiger partial charge in [-0.05, 0) is 44.2 Å². The molecule has 3 aliphatic rings. The van der Waals surface area contributed by atoms with E-state index in [0.29, 0.717) is 43.1 Å². The number of H-pyrrole nitrogens is 1. The van der Waals surface area contributed by atoms with Crippen LogP contribution in [-0.4, -0.2) is 49.7 Å². The number of nitrogens with one attached hydrogen (secondary N) is 1. The summed E-state index contributed by atoms with van der Waals surface area (Å²) in [6.45, 7) is 1.54. The third-order valence-electron chi connectivity index (χ3n) is 7.07. The summed E-state index contributed by atoms with van der Waals surface area (Å²) in [7, 11) is 0. The molecule has 1 saturated carbocycles. The highest BCUT2D eigenvalue weighted by atomic mass is 16.2. The van der Waals surface area contributed by atoms with Crippen LogP contribution in [0.5, 0.6) is 0 Å². The smallest absolute Gasteiger partial charge is 0.273 e. The molecule has 1 saturated heterocycles. The molecule has 0 spiro atoms. The summed E-state index contributed by atoms with van der Waals surface area (Å²) in [6, 6.07) is 5.03. The third kappa shape index (κ3) is 3.94. The molecule has 2 aromatic heterocycles. The Morgan fingerprint density at radius 3 is 2.62 bits per heavy atom. The minimum atomic E-state index is -0.269. The van der Waals surface area contributed by atoms with Crippen LogP contribution in [0.2, 0.25) is 0 Å². The number of fused-ring (bicyclic) bond motifs is 1. The molecule has 8 nitrogen and oxygen atoms in total. The van der Waals surface area contributed by atoms with E-state index in [1.54, 1.807) is 29.3 Å². The lowest BCUT2D eigenvalue weighted by atomic mass is 9.99. The Bertz CT molecular complexity index is 1060. The van der Waals surface area contributed by atoms with Crippen LogP contribution in [0.25, 0.3) is 0 Å². The van der Waals surface area contributed by atoms with Gasteiger partial charge in [-0.2, -0.15) is 0 Å². The van der Waals surface area contributed by atoms with Gasteiger partial charge in [-0.15, -0.1) is 0 Å². The Kier molecular flexibility index (Phi) is 5.76. The van der Waals surface area contributed by atoms with Gasteiger partial charge in [-0.3, -0.25) is 19.4 Å². The molecule has 32 heavy (non-hydrogen) atoms. The number of amides is 2. The molecule has 0 aromatic carbocycles. The summed E-state index contributed by atoms with van der Waals surface area (Å²) in [4.78, 5) is 54.5. The average Bonchev–Trinajstić information content (AvgIpc) is 3.38. The third-order valence-corrected chi connectivity index (χ3v) is 7.07. The minimum absolute atomic E-state index is 0.108. The van der Waals surface area contributed by atoms with Crippen molar-refractivity contribution >= 4 is 11.8 Å². The maximum absolute atomic E-state index is 13.1. The number of piperidine rings is 1. The molecule has 2 aromatic rings. The fourth-order valence-corrected chi connectivity index (χ4v) is 5.32. The van der Waals surface area contributed by atoms with Crippen molar-refractivity contribution in [2.45, 2.75) is 64.0 Å². The number of aromatic amines is 1. The second-order valence-electron chi connectivity index (χ2n) is 9.09. The summed E-state index contributed by atoms with van der Waals surface area (Å²) < 4.78 is 0. The van der Waals surface area contributed by atoms with Gasteiger partial charge in [0, 0.05) is 31.6 Å².